The molecule has 3 nitrogen and oxygen atoms in total. The van der Waals surface area contributed by atoms with Crippen LogP contribution in [0.25, 0.3) is 77.2 Å². The second kappa shape index (κ2) is 9.17. The lowest BCUT2D eigenvalue weighted by atomic mass is 10.0. The maximum Gasteiger partial charge on any atom is 0.228 e. The molecule has 3 aromatic heterocycles. The number of rotatable bonds is 3. The minimum atomic E-state index is 1.12. The van der Waals surface area contributed by atoms with Crippen LogP contribution in [0.3, 0.4) is 0 Å². The highest BCUT2D eigenvalue weighted by atomic mass is 15.0. The number of para-hydroxylation sites is 2. The lowest BCUT2D eigenvalue weighted by Gasteiger charge is -2.10. The number of fused-ring (bicyclic) bond motifs is 8. The summed E-state index contributed by atoms with van der Waals surface area (Å²) in [7, 11) is 0. The van der Waals surface area contributed by atoms with Gasteiger partial charge in [0, 0.05) is 27.9 Å². The van der Waals surface area contributed by atoms with Crippen molar-refractivity contribution in [2.75, 3.05) is 0 Å². The monoisotopic (exact) mass is 550 g/mol. The van der Waals surface area contributed by atoms with Gasteiger partial charge in [0.2, 0.25) is 5.52 Å². The summed E-state index contributed by atoms with van der Waals surface area (Å²) in [6.45, 7) is 2.20. The third-order valence-electron chi connectivity index (χ3n) is 9.01. The molecule has 1 N–H and O–H groups in total. The summed E-state index contributed by atoms with van der Waals surface area (Å²) in [6.07, 6.45) is 2.14. The number of aromatic amines is 1. The van der Waals surface area contributed by atoms with Gasteiger partial charge in [0.15, 0.2) is 6.20 Å². The van der Waals surface area contributed by atoms with Crippen molar-refractivity contribution in [2.45, 2.75) is 6.92 Å². The third-order valence-corrected chi connectivity index (χ3v) is 9.01. The average Bonchev–Trinajstić information content (AvgIpc) is 3.57. The van der Waals surface area contributed by atoms with E-state index in [2.05, 4.69) is 167 Å². The van der Waals surface area contributed by atoms with E-state index in [1.54, 1.807) is 0 Å². The van der Waals surface area contributed by atoms with Gasteiger partial charge in [-0.05, 0) is 77.2 Å². The topological polar surface area (TPSA) is 23.5 Å². The van der Waals surface area contributed by atoms with Crippen LogP contribution in [0.15, 0.2) is 146 Å². The van der Waals surface area contributed by atoms with Gasteiger partial charge in [0.25, 0.3) is 0 Å². The van der Waals surface area contributed by atoms with Gasteiger partial charge in [-0.25, -0.2) is 4.98 Å². The van der Waals surface area contributed by atoms with Gasteiger partial charge in [-0.15, -0.1) is 0 Å². The van der Waals surface area contributed by atoms with Crippen LogP contribution in [0.5, 0.6) is 0 Å². The first kappa shape index (κ1) is 24.0. The first-order chi connectivity index (χ1) is 21.2. The molecule has 0 saturated carbocycles. The van der Waals surface area contributed by atoms with Crippen LogP contribution in [-0.4, -0.2) is 8.97 Å². The Kier molecular flexibility index (Phi) is 5.11. The fraction of sp³-hybridized carbons (Fsp3) is 0.0250. The van der Waals surface area contributed by atoms with E-state index in [-0.39, 0.29) is 0 Å². The van der Waals surface area contributed by atoms with E-state index in [0.29, 0.717) is 0 Å². The number of hydrogen-bond acceptors (Lipinski definition) is 0. The molecule has 0 aliphatic carbocycles. The standard InChI is InChI=1S/C40H27N3/c1-26-32-11-5-7-13-36(32)43-39-22-18-30(24-35(39)41-25-40(26)43)29-17-21-38-34(23-29)33-12-6-8-14-37(33)42(38)31-19-15-28(16-20-31)27-9-3-2-4-10-27/h2-25H,1H3/p+1. The van der Waals surface area contributed by atoms with E-state index in [4.69, 9.17) is 0 Å². The van der Waals surface area contributed by atoms with Gasteiger partial charge < -0.3 is 4.57 Å². The number of hydrogen-bond donors (Lipinski definition) is 0. The first-order valence-electron chi connectivity index (χ1n) is 14.8. The van der Waals surface area contributed by atoms with Crippen molar-refractivity contribution in [3.05, 3.63) is 151 Å². The Morgan fingerprint density at radius 3 is 1.86 bits per heavy atom. The minimum Gasteiger partial charge on any atom is -0.309 e. The van der Waals surface area contributed by atoms with Gasteiger partial charge in [-0.3, -0.25) is 4.40 Å². The smallest absolute Gasteiger partial charge is 0.228 e. The van der Waals surface area contributed by atoms with Gasteiger partial charge in [-0.1, -0.05) is 91.0 Å². The van der Waals surface area contributed by atoms with Crippen molar-refractivity contribution in [2.24, 2.45) is 0 Å². The molecule has 3 heterocycles. The van der Waals surface area contributed by atoms with Gasteiger partial charge in [0.05, 0.1) is 16.6 Å². The predicted molar refractivity (Wildman–Crippen MR) is 179 cm³/mol. The second-order valence-corrected chi connectivity index (χ2v) is 11.4. The molecule has 6 aromatic carbocycles. The highest BCUT2D eigenvalue weighted by Gasteiger charge is 2.17. The predicted octanol–water partition coefficient (Wildman–Crippen LogP) is 9.80. The number of aryl methyl sites for hydroxylation is 1. The van der Waals surface area contributed by atoms with Crippen molar-refractivity contribution < 1.29 is 4.98 Å². The molecular formula is C40H28N3+. The summed E-state index contributed by atoms with van der Waals surface area (Å²) < 4.78 is 4.76. The van der Waals surface area contributed by atoms with Crippen LogP contribution in [0, 0.1) is 6.92 Å². The second-order valence-electron chi connectivity index (χ2n) is 11.4. The maximum absolute atomic E-state index is 3.59. The third kappa shape index (κ3) is 3.58. The molecule has 0 bridgehead atoms. The van der Waals surface area contributed by atoms with E-state index < -0.39 is 0 Å². The molecule has 0 aliphatic rings. The zero-order valence-electron chi connectivity index (χ0n) is 23.8. The summed E-state index contributed by atoms with van der Waals surface area (Å²) >= 11 is 0. The lowest BCUT2D eigenvalue weighted by Crippen LogP contribution is -2.06. The molecule has 0 amide bonds. The van der Waals surface area contributed by atoms with Crippen molar-refractivity contribution in [3.8, 4) is 27.9 Å². The lowest BCUT2D eigenvalue weighted by molar-refractivity contribution is -0.343. The summed E-state index contributed by atoms with van der Waals surface area (Å²) in [5.41, 5.74) is 14.5. The molecule has 0 saturated heterocycles. The van der Waals surface area contributed by atoms with Crippen molar-refractivity contribution in [1.82, 2.24) is 8.97 Å². The van der Waals surface area contributed by atoms with Gasteiger partial charge >= 0.3 is 0 Å². The quantitative estimate of drug-likeness (QED) is 0.209. The number of aromatic nitrogens is 3. The Morgan fingerprint density at radius 1 is 0.442 bits per heavy atom. The Morgan fingerprint density at radius 2 is 1.05 bits per heavy atom. The van der Waals surface area contributed by atoms with Gasteiger partial charge in [0.1, 0.15) is 11.0 Å². The van der Waals surface area contributed by atoms with Crippen LogP contribution in [-0.2, 0) is 0 Å². The summed E-state index contributed by atoms with van der Waals surface area (Å²) in [5, 5.41) is 3.81. The summed E-state index contributed by atoms with van der Waals surface area (Å²) in [4.78, 5) is 3.59. The number of nitrogens with zero attached hydrogens (tertiary/aromatic N) is 2. The molecular weight excluding hydrogens is 522 g/mol. The molecule has 0 atom stereocenters. The van der Waals surface area contributed by atoms with E-state index in [1.165, 1.54) is 71.6 Å². The minimum absolute atomic E-state index is 1.12. The van der Waals surface area contributed by atoms with Crippen LogP contribution >= 0.6 is 0 Å². The average molecular weight is 551 g/mol. The number of benzene rings is 6. The fourth-order valence-electron chi connectivity index (χ4n) is 6.89. The first-order valence-corrected chi connectivity index (χ1v) is 14.8. The number of nitrogens with one attached hydrogen (secondary N) is 1. The zero-order chi connectivity index (χ0) is 28.5. The maximum atomic E-state index is 3.59. The molecule has 0 aliphatic heterocycles. The van der Waals surface area contributed by atoms with E-state index >= 15 is 0 Å². The molecule has 0 radical (unpaired) electrons. The largest absolute Gasteiger partial charge is 0.309 e. The normalized spacial score (nSPS) is 11.8. The Labute approximate surface area is 248 Å². The SMILES string of the molecule is Cc1c2ccccc2n2c1c[nH+]c1cc(-c3ccc4c(c3)c3ccccc3n4-c3ccc(-c4ccccc4)cc3)ccc12. The molecule has 0 fully saturated rings. The molecule has 9 aromatic rings. The van der Waals surface area contributed by atoms with Crippen LogP contribution in [0.1, 0.15) is 5.56 Å². The van der Waals surface area contributed by atoms with Crippen molar-refractivity contribution >= 4 is 49.3 Å². The Bertz CT molecular complexity index is 2500. The summed E-state index contributed by atoms with van der Waals surface area (Å²) in [5.74, 6) is 0. The van der Waals surface area contributed by atoms with Crippen LogP contribution < -0.4 is 4.98 Å². The molecule has 9 rings (SSSR count). The molecule has 202 valence electrons. The Hall–Kier alpha value is -5.67. The zero-order valence-corrected chi connectivity index (χ0v) is 23.8. The molecule has 3 heteroatoms. The number of H-pyrrole nitrogens is 1. The van der Waals surface area contributed by atoms with Crippen molar-refractivity contribution in [1.29, 1.82) is 0 Å². The van der Waals surface area contributed by atoms with Gasteiger partial charge in [-0.2, -0.15) is 0 Å². The molecule has 0 unspecified atom stereocenters. The molecule has 0 spiro atoms. The Balaban J connectivity index is 1.19. The highest BCUT2D eigenvalue weighted by Crippen LogP contribution is 2.36. The van der Waals surface area contributed by atoms with Crippen LogP contribution in [0.2, 0.25) is 0 Å². The summed E-state index contributed by atoms with van der Waals surface area (Å²) in [6, 6.07) is 50.5. The van der Waals surface area contributed by atoms with E-state index in [1.807, 2.05) is 0 Å². The molecule has 43 heavy (non-hydrogen) atoms. The van der Waals surface area contributed by atoms with E-state index in [0.717, 1.165) is 11.2 Å². The van der Waals surface area contributed by atoms with Crippen LogP contribution in [0.4, 0.5) is 0 Å². The van der Waals surface area contributed by atoms with Crippen molar-refractivity contribution in [3.63, 3.8) is 0 Å². The highest BCUT2D eigenvalue weighted by molar-refractivity contribution is 6.10. The fourth-order valence-corrected chi connectivity index (χ4v) is 6.89. The van der Waals surface area contributed by atoms with E-state index in [9.17, 15) is 0 Å².